The SMILES string of the molecule is O=c1cc(CNc2ccccc2Cl)nc2nc(NCc3cccs3)[nH]n12. The molecule has 3 aromatic heterocycles. The summed E-state index contributed by atoms with van der Waals surface area (Å²) in [6.07, 6.45) is 0. The van der Waals surface area contributed by atoms with Gasteiger partial charge in [-0.2, -0.15) is 9.50 Å². The molecule has 0 spiro atoms. The van der Waals surface area contributed by atoms with E-state index in [4.69, 9.17) is 11.6 Å². The van der Waals surface area contributed by atoms with Crippen molar-refractivity contribution in [1.29, 1.82) is 0 Å². The number of H-pyrrole nitrogens is 1. The van der Waals surface area contributed by atoms with Gasteiger partial charge in [-0.1, -0.05) is 29.8 Å². The van der Waals surface area contributed by atoms with Crippen molar-refractivity contribution in [1.82, 2.24) is 19.6 Å². The number of thiophene rings is 1. The second kappa shape index (κ2) is 7.19. The smallest absolute Gasteiger partial charge is 0.274 e. The van der Waals surface area contributed by atoms with E-state index in [1.54, 1.807) is 17.4 Å². The first kappa shape index (κ1) is 16.6. The Balaban J connectivity index is 1.52. The molecule has 26 heavy (non-hydrogen) atoms. The molecule has 9 heteroatoms. The van der Waals surface area contributed by atoms with Crippen LogP contribution in [0.5, 0.6) is 0 Å². The molecule has 1 aromatic carbocycles. The summed E-state index contributed by atoms with van der Waals surface area (Å²) in [7, 11) is 0. The number of para-hydroxylation sites is 1. The molecule has 0 radical (unpaired) electrons. The van der Waals surface area contributed by atoms with Crippen molar-refractivity contribution >= 4 is 40.4 Å². The molecule has 0 atom stereocenters. The van der Waals surface area contributed by atoms with Gasteiger partial charge in [-0.25, -0.2) is 4.98 Å². The molecule has 0 fully saturated rings. The highest BCUT2D eigenvalue weighted by Crippen LogP contribution is 2.20. The lowest BCUT2D eigenvalue weighted by Gasteiger charge is -2.07. The molecule has 4 aromatic rings. The summed E-state index contributed by atoms with van der Waals surface area (Å²) in [6, 6.07) is 12.9. The van der Waals surface area contributed by atoms with Crippen LogP contribution < -0.4 is 16.2 Å². The van der Waals surface area contributed by atoms with Gasteiger partial charge in [-0.05, 0) is 23.6 Å². The summed E-state index contributed by atoms with van der Waals surface area (Å²) < 4.78 is 1.32. The number of halogens is 1. The Labute approximate surface area is 157 Å². The first-order chi connectivity index (χ1) is 12.7. The number of rotatable bonds is 6. The molecule has 0 aliphatic carbocycles. The van der Waals surface area contributed by atoms with Crippen molar-refractivity contribution in [3.63, 3.8) is 0 Å². The second-order valence-electron chi connectivity index (χ2n) is 5.56. The average Bonchev–Trinajstić information content (AvgIpc) is 3.29. The fourth-order valence-electron chi connectivity index (χ4n) is 2.47. The Morgan fingerprint density at radius 1 is 1.12 bits per heavy atom. The van der Waals surface area contributed by atoms with Gasteiger partial charge in [-0.3, -0.25) is 9.89 Å². The number of hydrogen-bond acceptors (Lipinski definition) is 6. The van der Waals surface area contributed by atoms with Gasteiger partial charge < -0.3 is 10.6 Å². The van der Waals surface area contributed by atoms with Gasteiger partial charge in [-0.15, -0.1) is 11.3 Å². The van der Waals surface area contributed by atoms with Crippen LogP contribution in [0.25, 0.3) is 5.78 Å². The molecule has 0 bridgehead atoms. The van der Waals surface area contributed by atoms with Gasteiger partial charge >= 0.3 is 0 Å². The summed E-state index contributed by atoms with van der Waals surface area (Å²) >= 11 is 7.78. The Morgan fingerprint density at radius 2 is 2.00 bits per heavy atom. The van der Waals surface area contributed by atoms with Crippen LogP contribution in [-0.4, -0.2) is 19.6 Å². The molecule has 0 unspecified atom stereocenters. The van der Waals surface area contributed by atoms with E-state index in [1.165, 1.54) is 15.5 Å². The Morgan fingerprint density at radius 3 is 2.81 bits per heavy atom. The second-order valence-corrected chi connectivity index (χ2v) is 7.00. The van der Waals surface area contributed by atoms with Gasteiger partial charge in [0.1, 0.15) is 0 Å². The van der Waals surface area contributed by atoms with Crippen LogP contribution in [0.4, 0.5) is 11.6 Å². The maximum atomic E-state index is 12.3. The number of benzene rings is 1. The van der Waals surface area contributed by atoms with Crippen molar-refractivity contribution in [2.45, 2.75) is 13.1 Å². The number of anilines is 2. The number of aromatic amines is 1. The minimum Gasteiger partial charge on any atom is -0.378 e. The normalized spacial score (nSPS) is 11.0. The maximum absolute atomic E-state index is 12.3. The van der Waals surface area contributed by atoms with Gasteiger partial charge in [0.2, 0.25) is 5.95 Å². The van der Waals surface area contributed by atoms with Crippen LogP contribution in [0.3, 0.4) is 0 Å². The van der Waals surface area contributed by atoms with Crippen LogP contribution >= 0.6 is 22.9 Å². The first-order valence-electron chi connectivity index (χ1n) is 7.92. The fourth-order valence-corrected chi connectivity index (χ4v) is 3.32. The number of fused-ring (bicyclic) bond motifs is 1. The molecule has 3 N–H and O–H groups in total. The molecular weight excluding hydrogens is 372 g/mol. The number of nitrogens with zero attached hydrogens (tertiary/aromatic N) is 3. The highest BCUT2D eigenvalue weighted by molar-refractivity contribution is 7.09. The topological polar surface area (TPSA) is 87.1 Å². The van der Waals surface area contributed by atoms with E-state index in [2.05, 4.69) is 25.7 Å². The number of nitrogens with one attached hydrogen (secondary N) is 3. The Kier molecular flexibility index (Phi) is 4.59. The summed E-state index contributed by atoms with van der Waals surface area (Å²) in [4.78, 5) is 22.2. The lowest BCUT2D eigenvalue weighted by atomic mass is 10.3. The highest BCUT2D eigenvalue weighted by Gasteiger charge is 2.09. The summed E-state index contributed by atoms with van der Waals surface area (Å²) in [5.41, 5.74) is 1.16. The summed E-state index contributed by atoms with van der Waals surface area (Å²) in [5.74, 6) is 0.821. The third kappa shape index (κ3) is 3.56. The molecule has 0 aliphatic rings. The zero-order chi connectivity index (χ0) is 17.9. The molecule has 4 rings (SSSR count). The van der Waals surface area contributed by atoms with E-state index in [9.17, 15) is 4.79 Å². The zero-order valence-electron chi connectivity index (χ0n) is 13.6. The van der Waals surface area contributed by atoms with Crippen molar-refractivity contribution in [2.24, 2.45) is 0 Å². The quantitative estimate of drug-likeness (QED) is 0.473. The molecule has 0 saturated carbocycles. The van der Waals surface area contributed by atoms with E-state index in [-0.39, 0.29) is 5.56 Å². The van der Waals surface area contributed by atoms with Crippen LogP contribution in [0.1, 0.15) is 10.6 Å². The van der Waals surface area contributed by atoms with Crippen LogP contribution in [0.2, 0.25) is 5.02 Å². The van der Waals surface area contributed by atoms with E-state index in [1.807, 2.05) is 35.7 Å². The largest absolute Gasteiger partial charge is 0.378 e. The number of aromatic nitrogens is 4. The highest BCUT2D eigenvalue weighted by atomic mass is 35.5. The number of hydrogen-bond donors (Lipinski definition) is 3. The molecule has 3 heterocycles. The van der Waals surface area contributed by atoms with Crippen LogP contribution in [-0.2, 0) is 13.1 Å². The van der Waals surface area contributed by atoms with Crippen molar-refractivity contribution in [3.8, 4) is 0 Å². The standard InChI is InChI=1S/C17H15ClN6OS/c18-13-5-1-2-6-14(13)19-9-11-8-15(25)24-17(21-11)22-16(23-24)20-10-12-4-3-7-26-12/h1-8,19H,9-10H2,(H2,20,21,22,23). The third-order valence-electron chi connectivity index (χ3n) is 3.73. The Hall–Kier alpha value is -2.84. The monoisotopic (exact) mass is 386 g/mol. The van der Waals surface area contributed by atoms with E-state index in [0.29, 0.717) is 35.5 Å². The lowest BCUT2D eigenvalue weighted by Crippen LogP contribution is -2.17. The van der Waals surface area contributed by atoms with Crippen LogP contribution in [0, 0.1) is 0 Å². The Bertz CT molecular complexity index is 1090. The van der Waals surface area contributed by atoms with Crippen LogP contribution in [0.15, 0.2) is 52.6 Å². The zero-order valence-corrected chi connectivity index (χ0v) is 15.1. The van der Waals surface area contributed by atoms with Crippen molar-refractivity contribution in [2.75, 3.05) is 10.6 Å². The van der Waals surface area contributed by atoms with Gasteiger partial charge in [0.15, 0.2) is 0 Å². The van der Waals surface area contributed by atoms with Crippen molar-refractivity contribution < 1.29 is 0 Å². The fraction of sp³-hybridized carbons (Fsp3) is 0.118. The van der Waals surface area contributed by atoms with E-state index < -0.39 is 0 Å². The maximum Gasteiger partial charge on any atom is 0.274 e. The molecule has 0 amide bonds. The minimum absolute atomic E-state index is 0.220. The predicted octanol–water partition coefficient (Wildman–Crippen LogP) is 3.36. The minimum atomic E-state index is -0.220. The van der Waals surface area contributed by atoms with Gasteiger partial charge in [0.25, 0.3) is 11.3 Å². The van der Waals surface area contributed by atoms with E-state index >= 15 is 0 Å². The molecule has 0 aliphatic heterocycles. The molecule has 0 saturated heterocycles. The molecule has 7 nitrogen and oxygen atoms in total. The van der Waals surface area contributed by atoms with E-state index in [0.717, 1.165) is 5.69 Å². The predicted molar refractivity (Wildman–Crippen MR) is 104 cm³/mol. The summed E-state index contributed by atoms with van der Waals surface area (Å²) in [6.45, 7) is 1.01. The first-order valence-corrected chi connectivity index (χ1v) is 9.18. The van der Waals surface area contributed by atoms with Gasteiger partial charge in [0.05, 0.1) is 29.5 Å². The molecular formula is C17H15ClN6OS. The lowest BCUT2D eigenvalue weighted by molar-refractivity contribution is 0.875. The third-order valence-corrected chi connectivity index (χ3v) is 4.93. The molecule has 132 valence electrons. The average molecular weight is 387 g/mol. The van der Waals surface area contributed by atoms with Crippen molar-refractivity contribution in [3.05, 3.63) is 73.8 Å². The summed E-state index contributed by atoms with van der Waals surface area (Å²) in [5, 5.41) is 11.9. The van der Waals surface area contributed by atoms with Gasteiger partial charge in [0, 0.05) is 10.9 Å².